The van der Waals surface area contributed by atoms with Crippen LogP contribution in [0.15, 0.2) is 45.3 Å². The van der Waals surface area contributed by atoms with Gasteiger partial charge >= 0.3 is 0 Å². The Hall–Kier alpha value is -4.13. The lowest BCUT2D eigenvalue weighted by molar-refractivity contribution is -0.148. The maximum atomic E-state index is 14.0. The predicted molar refractivity (Wildman–Crippen MR) is 150 cm³/mol. The molecule has 42 heavy (non-hydrogen) atoms. The Balaban J connectivity index is 1.45. The summed E-state index contributed by atoms with van der Waals surface area (Å²) in [6.07, 6.45) is 2.36. The number of hydrogen-bond donors (Lipinski definition) is 6. The number of amides is 1. The topological polar surface area (TPSA) is 204 Å². The molecule has 2 aromatic rings. The molecule has 222 valence electrons. The zero-order chi connectivity index (χ0) is 30.2. The van der Waals surface area contributed by atoms with Gasteiger partial charge in [-0.25, -0.2) is 0 Å². The Morgan fingerprint density at radius 2 is 1.86 bits per heavy atom. The van der Waals surface area contributed by atoms with Crippen LogP contribution in [-0.2, 0) is 22.6 Å². The van der Waals surface area contributed by atoms with Gasteiger partial charge in [-0.3, -0.25) is 24.2 Å². The van der Waals surface area contributed by atoms with Crippen molar-refractivity contribution in [2.24, 2.45) is 17.6 Å². The third kappa shape index (κ3) is 3.89. The van der Waals surface area contributed by atoms with Crippen molar-refractivity contribution >= 4 is 23.2 Å². The first-order chi connectivity index (χ1) is 19.9. The third-order valence-electron chi connectivity index (χ3n) is 9.26. The Labute approximate surface area is 241 Å². The number of carbonyl (C=O) groups excluding carboxylic acids is 3. The first-order valence-corrected chi connectivity index (χ1v) is 14.0. The van der Waals surface area contributed by atoms with Crippen LogP contribution < -0.4 is 11.5 Å². The summed E-state index contributed by atoms with van der Waals surface area (Å²) in [5.41, 5.74) is 8.69. The van der Waals surface area contributed by atoms with Gasteiger partial charge in [-0.05, 0) is 82.5 Å². The van der Waals surface area contributed by atoms with Crippen LogP contribution in [0.25, 0.3) is 11.3 Å². The number of Topliss-reactive ketones (excluding diaryl/α,β-unsaturated/α-hetero) is 2. The van der Waals surface area contributed by atoms with Crippen molar-refractivity contribution in [1.29, 1.82) is 0 Å². The van der Waals surface area contributed by atoms with Crippen LogP contribution in [0.4, 0.5) is 5.69 Å². The summed E-state index contributed by atoms with van der Waals surface area (Å²) in [5, 5.41) is 45.5. The molecule has 3 unspecified atom stereocenters. The number of likely N-dealkylation sites (N-methyl/N-ethyl adjacent to an activating group) is 1. The van der Waals surface area contributed by atoms with Crippen LogP contribution in [0.2, 0.25) is 0 Å². The average Bonchev–Trinajstić information content (AvgIpc) is 3.60. The molecule has 12 heteroatoms. The van der Waals surface area contributed by atoms with Crippen molar-refractivity contribution < 1.29 is 39.2 Å². The monoisotopic (exact) mass is 578 g/mol. The summed E-state index contributed by atoms with van der Waals surface area (Å²) in [4.78, 5) is 43.4. The van der Waals surface area contributed by atoms with Crippen molar-refractivity contribution in [3.8, 4) is 17.1 Å². The maximum absolute atomic E-state index is 14.0. The number of aliphatic hydroxyl groups excluding tert-OH is 2. The number of aromatic hydroxyl groups is 1. The van der Waals surface area contributed by atoms with Gasteiger partial charge < -0.3 is 36.3 Å². The molecular formula is C30H34N4O8. The minimum absolute atomic E-state index is 0.00818. The third-order valence-corrected chi connectivity index (χ3v) is 9.26. The van der Waals surface area contributed by atoms with Crippen molar-refractivity contribution in [3.63, 3.8) is 0 Å². The number of furan rings is 1. The number of benzene rings is 1. The molecule has 0 saturated carbocycles. The molecule has 4 atom stereocenters. The number of likely N-dealkylation sites (tertiary alicyclic amines) is 1. The van der Waals surface area contributed by atoms with Gasteiger partial charge in [0.1, 0.15) is 34.4 Å². The van der Waals surface area contributed by atoms with Gasteiger partial charge in [0.25, 0.3) is 5.91 Å². The molecule has 6 rings (SSSR count). The molecule has 1 aliphatic heterocycles. The lowest BCUT2D eigenvalue weighted by atomic mass is 9.58. The second kappa shape index (κ2) is 9.72. The quantitative estimate of drug-likeness (QED) is 0.171. The van der Waals surface area contributed by atoms with E-state index < -0.39 is 63.8 Å². The van der Waals surface area contributed by atoms with Crippen LogP contribution in [0.5, 0.6) is 5.75 Å². The van der Waals surface area contributed by atoms with Gasteiger partial charge in [-0.2, -0.15) is 0 Å². The molecule has 2 heterocycles. The summed E-state index contributed by atoms with van der Waals surface area (Å²) in [6.45, 7) is 2.56. The molecule has 0 radical (unpaired) electrons. The first kappa shape index (κ1) is 28.0. The van der Waals surface area contributed by atoms with Crippen molar-refractivity contribution in [3.05, 3.63) is 57.8 Å². The van der Waals surface area contributed by atoms with Crippen molar-refractivity contribution in [2.75, 3.05) is 32.9 Å². The van der Waals surface area contributed by atoms with Crippen LogP contribution in [0.1, 0.15) is 40.9 Å². The normalized spacial score (nSPS) is 27.9. The number of nitrogens with two attached hydrogens (primary N) is 2. The summed E-state index contributed by atoms with van der Waals surface area (Å²) in [6, 6.07) is 3.99. The largest absolute Gasteiger partial charge is 0.510 e. The van der Waals surface area contributed by atoms with E-state index in [0.29, 0.717) is 23.6 Å². The number of phenols is 1. The summed E-state index contributed by atoms with van der Waals surface area (Å²) in [7, 11) is 3.16. The summed E-state index contributed by atoms with van der Waals surface area (Å²) >= 11 is 0. The number of nitrogens with zero attached hydrogens (tertiary/aromatic N) is 2. The molecule has 1 aromatic carbocycles. The van der Waals surface area contributed by atoms with Crippen molar-refractivity contribution in [1.82, 2.24) is 9.80 Å². The zero-order valence-electron chi connectivity index (χ0n) is 23.4. The Bertz CT molecular complexity index is 1600. The molecule has 1 aromatic heterocycles. The van der Waals surface area contributed by atoms with Gasteiger partial charge in [0.15, 0.2) is 11.4 Å². The first-order valence-electron chi connectivity index (χ1n) is 14.0. The van der Waals surface area contributed by atoms with E-state index in [2.05, 4.69) is 4.90 Å². The molecule has 1 fully saturated rings. The van der Waals surface area contributed by atoms with Crippen LogP contribution >= 0.6 is 0 Å². The molecule has 4 aliphatic rings. The van der Waals surface area contributed by atoms with Crippen molar-refractivity contribution in [2.45, 2.75) is 43.9 Å². The molecule has 1 amide bonds. The minimum Gasteiger partial charge on any atom is -0.510 e. The van der Waals surface area contributed by atoms with Gasteiger partial charge in [0.05, 0.1) is 23.7 Å². The Morgan fingerprint density at radius 3 is 2.50 bits per heavy atom. The Morgan fingerprint density at radius 1 is 1.17 bits per heavy atom. The number of primary amides is 1. The minimum atomic E-state index is -2.70. The van der Waals surface area contributed by atoms with Crippen LogP contribution in [0.3, 0.4) is 0 Å². The highest BCUT2D eigenvalue weighted by molar-refractivity contribution is 6.25. The fraction of sp³-hybridized carbons (Fsp3) is 0.433. The van der Waals surface area contributed by atoms with E-state index in [1.165, 1.54) is 4.90 Å². The van der Waals surface area contributed by atoms with Gasteiger partial charge in [0.2, 0.25) is 5.78 Å². The molecule has 3 aliphatic carbocycles. The molecule has 0 spiro atoms. The lowest BCUT2D eigenvalue weighted by Crippen LogP contribution is -2.63. The van der Waals surface area contributed by atoms with E-state index in [1.54, 1.807) is 32.3 Å². The number of rotatable bonds is 5. The van der Waals surface area contributed by atoms with Crippen LogP contribution in [0, 0.1) is 11.8 Å². The van der Waals surface area contributed by atoms with E-state index in [4.69, 9.17) is 15.9 Å². The number of fused-ring (bicyclic) bond motifs is 3. The Kier molecular flexibility index (Phi) is 6.48. The predicted octanol–water partition coefficient (Wildman–Crippen LogP) is 1.56. The number of nitrogen functional groups attached to an aromatic ring is 1. The SMILES string of the molecule is CN(C)[C@@H]1C(O)=C(C(N)=O)C(=O)C2(O)C(O)=C3C(=O)c4c(O)c(-c5ccc(CN6CCCC6)o5)cc(N)c4CC3CC12. The van der Waals surface area contributed by atoms with E-state index in [-0.39, 0.29) is 35.2 Å². The van der Waals surface area contributed by atoms with Gasteiger partial charge in [-0.1, -0.05) is 0 Å². The highest BCUT2D eigenvalue weighted by atomic mass is 16.4. The lowest BCUT2D eigenvalue weighted by Gasteiger charge is -2.50. The highest BCUT2D eigenvalue weighted by Gasteiger charge is 2.63. The van der Waals surface area contributed by atoms with E-state index in [9.17, 15) is 34.8 Å². The second-order valence-corrected chi connectivity index (χ2v) is 11.9. The standard InChI is InChI=1S/C30H34N4O8/c1-33(2)23-17-10-13-9-15-18(31)11-16(19-6-5-14(42-19)12-34-7-3-4-8-34)24(35)21(15)25(36)20(13)27(38)30(17,41)28(39)22(26(23)37)29(32)40/h5-6,11,13,17,23,35,37-38,41H,3-4,7-10,12,31H2,1-2H3,(H2,32,40)/t13?,17?,23-,30?/m0/s1. The zero-order valence-corrected chi connectivity index (χ0v) is 23.4. The number of aliphatic hydroxyl groups is 3. The van der Waals surface area contributed by atoms with Crippen LogP contribution in [-0.4, -0.2) is 86.5 Å². The molecule has 1 saturated heterocycles. The summed E-state index contributed by atoms with van der Waals surface area (Å²) < 4.78 is 6.01. The number of hydrogen-bond acceptors (Lipinski definition) is 11. The highest BCUT2D eigenvalue weighted by Crippen LogP contribution is 2.53. The van der Waals surface area contributed by atoms with Gasteiger partial charge in [-0.15, -0.1) is 0 Å². The molecular weight excluding hydrogens is 544 g/mol. The number of allylic oxidation sites excluding steroid dienone is 1. The second-order valence-electron chi connectivity index (χ2n) is 11.9. The van der Waals surface area contributed by atoms with E-state index in [1.807, 2.05) is 0 Å². The molecule has 0 bridgehead atoms. The number of ketones is 2. The van der Waals surface area contributed by atoms with Gasteiger partial charge in [0, 0.05) is 17.2 Å². The van der Waals surface area contributed by atoms with E-state index >= 15 is 0 Å². The molecule has 12 nitrogen and oxygen atoms in total. The fourth-order valence-corrected chi connectivity index (χ4v) is 7.30. The summed E-state index contributed by atoms with van der Waals surface area (Å²) in [5.74, 6) is -6.06. The number of phenolic OH excluding ortho intramolecular Hbond substituents is 1. The fourth-order valence-electron chi connectivity index (χ4n) is 7.30. The molecule has 8 N–H and O–H groups in total. The van der Waals surface area contributed by atoms with E-state index in [0.717, 1.165) is 25.9 Å². The maximum Gasteiger partial charge on any atom is 0.255 e. The number of carbonyl (C=O) groups is 3. The smallest absolute Gasteiger partial charge is 0.255 e. The number of anilines is 1. The average molecular weight is 579 g/mol.